The Kier molecular flexibility index (Phi) is 13.1. The predicted molar refractivity (Wildman–Crippen MR) is 343 cm³/mol. The fourth-order valence-corrected chi connectivity index (χ4v) is 15.1. The van der Waals surface area contributed by atoms with Crippen LogP contribution in [-0.2, 0) is 39.9 Å². The Morgan fingerprint density at radius 1 is 0.608 bits per heavy atom. The number of thiophene rings is 1. The van der Waals surface area contributed by atoms with Gasteiger partial charge in [-0.25, -0.2) is 0 Å². The minimum atomic E-state index is -0.146. The van der Waals surface area contributed by atoms with Crippen LogP contribution < -0.4 is 26.4 Å². The largest absolute Gasteiger partial charge is 0.472 e. The smallest absolute Gasteiger partial charge is 0.297 e. The quantitative estimate of drug-likeness (QED) is 0.114. The van der Waals surface area contributed by atoms with Gasteiger partial charge in [0.1, 0.15) is 5.76 Å². The van der Waals surface area contributed by atoms with Gasteiger partial charge >= 0.3 is 0 Å². The average Bonchev–Trinajstić information content (AvgIpc) is 3.34. The first-order valence-corrected chi connectivity index (χ1v) is 30.7. The molecule has 4 heterocycles. The molecular formula is C74H83BN2OS. The summed E-state index contributed by atoms with van der Waals surface area (Å²) in [6, 6.07) is 57.3. The van der Waals surface area contributed by atoms with Gasteiger partial charge in [-0.1, -0.05) is 201 Å². The van der Waals surface area contributed by atoms with Gasteiger partial charge in [-0.05, 0) is 165 Å². The summed E-state index contributed by atoms with van der Waals surface area (Å²) < 4.78 is 10.6. The molecule has 0 saturated heterocycles. The fourth-order valence-electron chi connectivity index (χ4n) is 14.0. The number of aryl methyl sites for hydroxylation is 2. The van der Waals surface area contributed by atoms with Gasteiger partial charge in [0.05, 0.1) is 11.3 Å². The van der Waals surface area contributed by atoms with E-state index in [1.165, 1.54) is 123 Å². The number of rotatable bonds is 12. The lowest BCUT2D eigenvalue weighted by atomic mass is 9.35. The van der Waals surface area contributed by atoms with Crippen molar-refractivity contribution in [1.82, 2.24) is 0 Å². The van der Waals surface area contributed by atoms with Gasteiger partial charge in [0, 0.05) is 65.5 Å². The van der Waals surface area contributed by atoms with Crippen molar-refractivity contribution in [3.63, 3.8) is 0 Å². The third-order valence-corrected chi connectivity index (χ3v) is 20.0. The molecule has 2 aromatic heterocycles. The number of furan rings is 1. The molecule has 5 heteroatoms. The zero-order valence-electron chi connectivity index (χ0n) is 49.9. The van der Waals surface area contributed by atoms with E-state index in [1.807, 2.05) is 11.3 Å². The van der Waals surface area contributed by atoms with Crippen molar-refractivity contribution in [1.29, 1.82) is 0 Å². The van der Waals surface area contributed by atoms with Crippen LogP contribution in [0.1, 0.15) is 192 Å². The van der Waals surface area contributed by atoms with Gasteiger partial charge < -0.3 is 14.2 Å². The highest BCUT2D eigenvalue weighted by molar-refractivity contribution is 7.25. The molecule has 7 aromatic carbocycles. The maximum atomic E-state index is 7.89. The lowest BCUT2D eigenvalue weighted by Crippen LogP contribution is -2.61. The number of nitrogens with zero attached hydrogens (tertiary/aromatic N) is 2. The molecule has 404 valence electrons. The molecule has 0 bridgehead atoms. The van der Waals surface area contributed by atoms with Crippen molar-refractivity contribution in [2.24, 2.45) is 0 Å². The third kappa shape index (κ3) is 9.19. The van der Waals surface area contributed by atoms with Crippen molar-refractivity contribution in [3.05, 3.63) is 196 Å². The topological polar surface area (TPSA) is 19.6 Å². The van der Waals surface area contributed by atoms with Crippen LogP contribution >= 0.6 is 11.3 Å². The van der Waals surface area contributed by atoms with E-state index in [4.69, 9.17) is 4.42 Å². The van der Waals surface area contributed by atoms with Gasteiger partial charge in [-0.2, -0.15) is 0 Å². The first kappa shape index (κ1) is 53.4. The van der Waals surface area contributed by atoms with Crippen LogP contribution in [-0.4, -0.2) is 6.71 Å². The molecule has 0 saturated carbocycles. The summed E-state index contributed by atoms with van der Waals surface area (Å²) in [5.41, 5.74) is 21.8. The van der Waals surface area contributed by atoms with Crippen molar-refractivity contribution in [2.75, 3.05) is 9.80 Å². The zero-order chi connectivity index (χ0) is 55.6. The van der Waals surface area contributed by atoms with Gasteiger partial charge in [0.15, 0.2) is 0 Å². The maximum absolute atomic E-state index is 7.89. The Morgan fingerprint density at radius 2 is 1.27 bits per heavy atom. The molecule has 3 nitrogen and oxygen atoms in total. The Hall–Kier alpha value is -6.30. The van der Waals surface area contributed by atoms with Gasteiger partial charge in [-0.3, -0.25) is 0 Å². The van der Waals surface area contributed by atoms with E-state index >= 15 is 0 Å². The Labute approximate surface area is 477 Å². The number of benzene rings is 7. The van der Waals surface area contributed by atoms with E-state index < -0.39 is 0 Å². The first-order chi connectivity index (χ1) is 37.6. The molecule has 1 aliphatic carbocycles. The molecule has 0 amide bonds. The van der Waals surface area contributed by atoms with Gasteiger partial charge in [0.2, 0.25) is 0 Å². The molecule has 1 unspecified atom stereocenters. The van der Waals surface area contributed by atoms with Crippen LogP contribution in [0, 0.1) is 0 Å². The second-order valence-corrected chi connectivity index (χ2v) is 28.9. The summed E-state index contributed by atoms with van der Waals surface area (Å²) >= 11 is 1.93. The number of hydrogen-bond donors (Lipinski definition) is 0. The first-order valence-electron chi connectivity index (χ1n) is 29.9. The second kappa shape index (κ2) is 19.5. The van der Waals surface area contributed by atoms with Crippen molar-refractivity contribution in [2.45, 2.75) is 181 Å². The summed E-state index contributed by atoms with van der Waals surface area (Å²) in [6.45, 7) is 33.4. The minimum Gasteiger partial charge on any atom is -0.472 e. The van der Waals surface area contributed by atoms with Crippen LogP contribution in [0.25, 0.3) is 20.2 Å². The number of hydrogen-bond acceptors (Lipinski definition) is 4. The molecule has 0 spiro atoms. The molecule has 9 aromatic rings. The zero-order valence-corrected chi connectivity index (χ0v) is 50.7. The van der Waals surface area contributed by atoms with Crippen molar-refractivity contribution >= 4 is 88.9 Å². The molecule has 12 rings (SSSR count). The summed E-state index contributed by atoms with van der Waals surface area (Å²) in [5, 5.41) is 2.68. The van der Waals surface area contributed by atoms with E-state index in [0.717, 1.165) is 49.9 Å². The maximum Gasteiger partial charge on any atom is 0.297 e. The SMILES string of the molecule is CCCCC(C)(C)c1cc(N2c3cc(C(CCc4ccccc4)c4ccc5c(c4)sc4ccccc45)cc4c3B(c3cc(C(C)(C)C)ccc3N4c3ccc(C(C)(C)C)cc3)c3oc4c(c32)C(C)(C)CCC4(C)C)ccc1CC. The molecule has 0 radical (unpaired) electrons. The molecule has 0 fully saturated rings. The van der Waals surface area contributed by atoms with Crippen molar-refractivity contribution in [3.8, 4) is 0 Å². The summed E-state index contributed by atoms with van der Waals surface area (Å²) in [6.07, 6.45) is 8.60. The van der Waals surface area contributed by atoms with Crippen molar-refractivity contribution < 1.29 is 4.42 Å². The van der Waals surface area contributed by atoms with Crippen LogP contribution in [0.4, 0.5) is 34.1 Å². The van der Waals surface area contributed by atoms with E-state index in [9.17, 15) is 0 Å². The Morgan fingerprint density at radius 3 is 1.97 bits per heavy atom. The highest BCUT2D eigenvalue weighted by Gasteiger charge is 2.53. The highest BCUT2D eigenvalue weighted by Crippen LogP contribution is 2.56. The van der Waals surface area contributed by atoms with E-state index in [1.54, 1.807) is 0 Å². The Balaban J connectivity index is 1.21. The van der Waals surface area contributed by atoms with E-state index in [0.29, 0.717) is 0 Å². The monoisotopic (exact) mass is 1060 g/mol. The molecular weight excluding hydrogens is 976 g/mol. The summed E-state index contributed by atoms with van der Waals surface area (Å²) in [4.78, 5) is 5.37. The lowest BCUT2D eigenvalue weighted by molar-refractivity contribution is 0.282. The molecule has 79 heavy (non-hydrogen) atoms. The van der Waals surface area contributed by atoms with Crippen LogP contribution in [0.3, 0.4) is 0 Å². The third-order valence-electron chi connectivity index (χ3n) is 18.8. The highest BCUT2D eigenvalue weighted by atomic mass is 32.1. The minimum absolute atomic E-state index is 0.0109. The predicted octanol–water partition coefficient (Wildman–Crippen LogP) is 19.5. The molecule has 1 atom stereocenters. The standard InChI is InChI=1S/C74H83BN2OS/c1-15-17-39-72(9,10)58-46-54(33-28-48(58)16-2)77-62-43-50(55(36-27-47-23-19-18-20-24-47)49-29-37-57-56-25-21-22-26-63(56)79-64(57)44-49)42-61-66(62)75(69-67(77)65-68(78-69)74(13,14)41-40-73(65,11)12)59-45-52(71(6,7)8)32-38-60(59)76(61)53-34-30-51(31-35-53)70(3,4)5/h18-26,28-35,37-38,42-46,55H,15-17,27,36,39-41H2,1-14H3. The Bertz CT molecular complexity index is 3780. The molecule has 3 aliphatic rings. The number of anilines is 6. The average molecular weight is 1060 g/mol. The summed E-state index contributed by atoms with van der Waals surface area (Å²) in [5.74, 6) is 1.25. The van der Waals surface area contributed by atoms with E-state index in [2.05, 4.69) is 252 Å². The lowest BCUT2D eigenvalue weighted by Gasteiger charge is -2.45. The normalized spacial score (nSPS) is 16.0. The van der Waals surface area contributed by atoms with Crippen LogP contribution in [0.5, 0.6) is 0 Å². The number of unbranched alkanes of at least 4 members (excludes halogenated alkanes) is 1. The molecule has 0 N–H and O–H groups in total. The second-order valence-electron chi connectivity index (χ2n) is 27.8. The molecule has 2 aliphatic heterocycles. The fraction of sp³-hybridized carbons (Fsp3) is 0.378. The van der Waals surface area contributed by atoms with Gasteiger partial charge in [-0.15, -0.1) is 11.3 Å². The summed E-state index contributed by atoms with van der Waals surface area (Å²) in [7, 11) is 0. The number of fused-ring (bicyclic) bond motifs is 9. The van der Waals surface area contributed by atoms with E-state index in [-0.39, 0.29) is 39.7 Å². The van der Waals surface area contributed by atoms with Crippen LogP contribution in [0.2, 0.25) is 0 Å². The van der Waals surface area contributed by atoms with Crippen LogP contribution in [0.15, 0.2) is 150 Å². The van der Waals surface area contributed by atoms with Gasteiger partial charge in [0.25, 0.3) is 6.71 Å².